The van der Waals surface area contributed by atoms with Gasteiger partial charge in [0.15, 0.2) is 0 Å². The number of hydrogen-bond donors (Lipinski definition) is 2. The zero-order chi connectivity index (χ0) is 12.0. The minimum absolute atomic E-state index is 0.679. The maximum atomic E-state index is 10.8. The molecule has 0 amide bonds. The van der Waals surface area contributed by atoms with Crippen molar-refractivity contribution in [3.8, 4) is 0 Å². The fourth-order valence-corrected chi connectivity index (χ4v) is 1.91. The van der Waals surface area contributed by atoms with Crippen LogP contribution in [0.25, 0.3) is 0 Å². The molecule has 3 nitrogen and oxygen atoms in total. The van der Waals surface area contributed by atoms with Crippen LogP contribution in [-0.2, 0) is 4.79 Å². The number of carbonyl (C=O) groups is 1. The van der Waals surface area contributed by atoms with Gasteiger partial charge in [-0.1, -0.05) is 18.2 Å². The monoisotopic (exact) mass is 239 g/mol. The number of benzene rings is 1. The molecule has 0 saturated carbocycles. The average Bonchev–Trinajstić information content (AvgIpc) is 2.26. The van der Waals surface area contributed by atoms with E-state index in [0.29, 0.717) is 6.54 Å². The first-order valence-corrected chi connectivity index (χ1v) is 6.17. The van der Waals surface area contributed by atoms with Gasteiger partial charge in [0, 0.05) is 17.2 Å². The van der Waals surface area contributed by atoms with E-state index in [0.717, 1.165) is 5.75 Å². The maximum Gasteiger partial charge on any atom is 0.323 e. The second-order valence-corrected chi connectivity index (χ2v) is 5.19. The van der Waals surface area contributed by atoms with Crippen LogP contribution in [0, 0.1) is 0 Å². The Hall–Kier alpha value is -1.00. The van der Waals surface area contributed by atoms with Crippen LogP contribution in [0.1, 0.15) is 13.8 Å². The van der Waals surface area contributed by atoms with Crippen LogP contribution in [0.4, 0.5) is 0 Å². The summed E-state index contributed by atoms with van der Waals surface area (Å²) in [5.74, 6) is 0.0398. The smallest absolute Gasteiger partial charge is 0.323 e. The van der Waals surface area contributed by atoms with E-state index in [1.807, 2.05) is 30.3 Å². The van der Waals surface area contributed by atoms with Crippen molar-refractivity contribution >= 4 is 17.7 Å². The molecule has 4 heteroatoms. The Labute approximate surface area is 100 Å². The van der Waals surface area contributed by atoms with E-state index in [1.54, 1.807) is 25.6 Å². The quantitative estimate of drug-likeness (QED) is 0.590. The molecule has 0 saturated heterocycles. The molecule has 88 valence electrons. The predicted molar refractivity (Wildman–Crippen MR) is 66.9 cm³/mol. The molecule has 0 atom stereocenters. The summed E-state index contributed by atoms with van der Waals surface area (Å²) in [6.45, 7) is 4.02. The number of nitrogens with one attached hydrogen (secondary N) is 1. The molecule has 0 heterocycles. The summed E-state index contributed by atoms with van der Waals surface area (Å²) in [5, 5.41) is 11.9. The first kappa shape index (κ1) is 13.1. The standard InChI is InChI=1S/C12H17NO2S/c1-12(2,11(14)15)13-8-9-16-10-6-4-3-5-7-10/h3-7,13H,8-9H2,1-2H3,(H,14,15). The normalized spacial score (nSPS) is 11.4. The molecule has 0 aliphatic heterocycles. The first-order valence-electron chi connectivity index (χ1n) is 5.18. The summed E-state index contributed by atoms with van der Waals surface area (Å²) in [4.78, 5) is 12.0. The molecule has 0 spiro atoms. The summed E-state index contributed by atoms with van der Waals surface area (Å²) in [5.41, 5.74) is -0.850. The van der Waals surface area contributed by atoms with Crippen LogP contribution in [0.3, 0.4) is 0 Å². The van der Waals surface area contributed by atoms with Gasteiger partial charge < -0.3 is 10.4 Å². The molecular formula is C12H17NO2S. The third-order valence-corrected chi connectivity index (χ3v) is 3.23. The zero-order valence-corrected chi connectivity index (χ0v) is 10.4. The van der Waals surface area contributed by atoms with Crippen LogP contribution in [0.2, 0.25) is 0 Å². The van der Waals surface area contributed by atoms with Crippen molar-refractivity contribution in [1.29, 1.82) is 0 Å². The summed E-state index contributed by atoms with van der Waals surface area (Å²) in [6, 6.07) is 10.1. The molecule has 0 bridgehead atoms. The Balaban J connectivity index is 2.25. The molecule has 0 radical (unpaired) electrons. The highest BCUT2D eigenvalue weighted by molar-refractivity contribution is 7.99. The predicted octanol–water partition coefficient (Wildman–Crippen LogP) is 2.23. The van der Waals surface area contributed by atoms with Gasteiger partial charge >= 0.3 is 5.97 Å². The van der Waals surface area contributed by atoms with E-state index in [-0.39, 0.29) is 0 Å². The number of aliphatic carboxylic acids is 1. The summed E-state index contributed by atoms with van der Waals surface area (Å²) < 4.78 is 0. The summed E-state index contributed by atoms with van der Waals surface area (Å²) >= 11 is 1.72. The minimum Gasteiger partial charge on any atom is -0.480 e. The van der Waals surface area contributed by atoms with E-state index in [4.69, 9.17) is 5.11 Å². The third kappa shape index (κ3) is 4.24. The van der Waals surface area contributed by atoms with Crippen molar-refractivity contribution in [3.63, 3.8) is 0 Å². The van der Waals surface area contributed by atoms with E-state index in [9.17, 15) is 4.79 Å². The lowest BCUT2D eigenvalue weighted by Crippen LogP contribution is -2.47. The second-order valence-electron chi connectivity index (χ2n) is 4.02. The van der Waals surface area contributed by atoms with Crippen molar-refractivity contribution < 1.29 is 9.90 Å². The number of thioether (sulfide) groups is 1. The highest BCUT2D eigenvalue weighted by Gasteiger charge is 2.25. The van der Waals surface area contributed by atoms with Gasteiger partial charge in [-0.3, -0.25) is 4.79 Å². The Morgan fingerprint density at radius 1 is 1.38 bits per heavy atom. The van der Waals surface area contributed by atoms with Gasteiger partial charge in [-0.2, -0.15) is 0 Å². The minimum atomic E-state index is -0.850. The number of carboxylic acid groups (broad SMARTS) is 1. The van der Waals surface area contributed by atoms with Crippen LogP contribution < -0.4 is 5.32 Å². The van der Waals surface area contributed by atoms with Gasteiger partial charge in [-0.25, -0.2) is 0 Å². The first-order chi connectivity index (χ1) is 7.52. The van der Waals surface area contributed by atoms with Gasteiger partial charge in [-0.05, 0) is 26.0 Å². The van der Waals surface area contributed by atoms with Crippen molar-refractivity contribution in [1.82, 2.24) is 5.32 Å². The van der Waals surface area contributed by atoms with Crippen molar-refractivity contribution in [2.75, 3.05) is 12.3 Å². The van der Waals surface area contributed by atoms with Gasteiger partial charge in [0.05, 0.1) is 0 Å². The van der Waals surface area contributed by atoms with Crippen molar-refractivity contribution in [3.05, 3.63) is 30.3 Å². The van der Waals surface area contributed by atoms with Gasteiger partial charge in [-0.15, -0.1) is 11.8 Å². The summed E-state index contributed by atoms with van der Waals surface area (Å²) in [6.07, 6.45) is 0. The highest BCUT2D eigenvalue weighted by Crippen LogP contribution is 2.16. The molecular weight excluding hydrogens is 222 g/mol. The summed E-state index contributed by atoms with van der Waals surface area (Å²) in [7, 11) is 0. The van der Waals surface area contributed by atoms with Crippen molar-refractivity contribution in [2.24, 2.45) is 0 Å². The molecule has 0 aromatic heterocycles. The van der Waals surface area contributed by atoms with Crippen LogP contribution >= 0.6 is 11.8 Å². The van der Waals surface area contributed by atoms with Crippen LogP contribution in [0.15, 0.2) is 35.2 Å². The molecule has 2 N–H and O–H groups in total. The average molecular weight is 239 g/mol. The lowest BCUT2D eigenvalue weighted by atomic mass is 10.1. The number of hydrogen-bond acceptors (Lipinski definition) is 3. The maximum absolute atomic E-state index is 10.8. The van der Waals surface area contributed by atoms with E-state index >= 15 is 0 Å². The molecule has 0 unspecified atom stereocenters. The van der Waals surface area contributed by atoms with Gasteiger partial charge in [0.25, 0.3) is 0 Å². The Morgan fingerprint density at radius 3 is 2.56 bits per heavy atom. The zero-order valence-electron chi connectivity index (χ0n) is 9.56. The Bertz CT molecular complexity index is 338. The third-order valence-electron chi connectivity index (χ3n) is 2.22. The molecule has 0 aliphatic carbocycles. The molecule has 0 aliphatic rings. The molecule has 1 aromatic rings. The second kappa shape index (κ2) is 5.92. The van der Waals surface area contributed by atoms with Crippen molar-refractivity contribution in [2.45, 2.75) is 24.3 Å². The van der Waals surface area contributed by atoms with Gasteiger partial charge in [0.2, 0.25) is 0 Å². The lowest BCUT2D eigenvalue weighted by molar-refractivity contribution is -0.143. The van der Waals surface area contributed by atoms with Crippen LogP contribution in [0.5, 0.6) is 0 Å². The molecule has 16 heavy (non-hydrogen) atoms. The Morgan fingerprint density at radius 2 is 2.00 bits per heavy atom. The molecule has 1 aromatic carbocycles. The van der Waals surface area contributed by atoms with Gasteiger partial charge in [0.1, 0.15) is 5.54 Å². The fraction of sp³-hybridized carbons (Fsp3) is 0.417. The topological polar surface area (TPSA) is 49.3 Å². The lowest BCUT2D eigenvalue weighted by Gasteiger charge is -2.20. The number of rotatable bonds is 6. The SMILES string of the molecule is CC(C)(NCCSc1ccccc1)C(=O)O. The number of carboxylic acids is 1. The van der Waals surface area contributed by atoms with Crippen LogP contribution in [-0.4, -0.2) is 28.9 Å². The largest absolute Gasteiger partial charge is 0.480 e. The fourth-order valence-electron chi connectivity index (χ4n) is 1.12. The highest BCUT2D eigenvalue weighted by atomic mass is 32.2. The molecule has 1 rings (SSSR count). The van der Waals surface area contributed by atoms with E-state index < -0.39 is 11.5 Å². The van der Waals surface area contributed by atoms with E-state index in [2.05, 4.69) is 5.32 Å². The van der Waals surface area contributed by atoms with E-state index in [1.165, 1.54) is 4.90 Å². The molecule has 0 fully saturated rings. The Kier molecular flexibility index (Phi) is 4.83.